The maximum absolute atomic E-state index is 2.50. The van der Waals surface area contributed by atoms with Gasteiger partial charge < -0.3 is 9.80 Å². The molecular weight excluding hydrogens is 809 g/mol. The first kappa shape index (κ1) is 38.7. The molecule has 1 unspecified atom stereocenters. The molecule has 0 amide bonds. The predicted octanol–water partition coefficient (Wildman–Crippen LogP) is 17.5. The standard InChI is InChI=1S/C65H44N2/c1-5-19-45(20-6-1)46-33-35-52(36-34-46)66(50-25-9-3-10-26-50)53-37-39-57-55-29-15-17-31-60(55)65(62(57)43-53)61-32-18-16-30-56(61)58-40-38-54(44-63(58)65)67(51-27-11-4-12-28-51)64-42-49-24-14-13-23-48(49)41-59(64)47-21-7-2-8-22-47/h1-44H. The van der Waals surface area contributed by atoms with Crippen LogP contribution in [0.15, 0.2) is 267 Å². The predicted molar refractivity (Wildman–Crippen MR) is 280 cm³/mol. The summed E-state index contributed by atoms with van der Waals surface area (Å²) in [6.45, 7) is 0. The second-order valence-electron chi connectivity index (χ2n) is 17.6. The first-order chi connectivity index (χ1) is 33.2. The fourth-order valence-electron chi connectivity index (χ4n) is 11.1. The molecule has 0 bridgehead atoms. The van der Waals surface area contributed by atoms with E-state index in [0.29, 0.717) is 0 Å². The van der Waals surface area contributed by atoms with Gasteiger partial charge in [-0.1, -0.05) is 194 Å². The van der Waals surface area contributed by atoms with E-state index in [1.54, 1.807) is 0 Å². The van der Waals surface area contributed by atoms with Gasteiger partial charge in [0, 0.05) is 34.0 Å². The molecule has 0 radical (unpaired) electrons. The van der Waals surface area contributed by atoms with E-state index in [0.717, 1.165) is 34.1 Å². The lowest BCUT2D eigenvalue weighted by Crippen LogP contribution is -2.26. The molecule has 0 fully saturated rings. The van der Waals surface area contributed by atoms with E-state index in [9.17, 15) is 0 Å². The molecule has 314 valence electrons. The molecule has 13 rings (SSSR count). The second kappa shape index (κ2) is 15.8. The van der Waals surface area contributed by atoms with E-state index >= 15 is 0 Å². The lowest BCUT2D eigenvalue weighted by atomic mass is 9.70. The van der Waals surface area contributed by atoms with Crippen LogP contribution in [0.3, 0.4) is 0 Å². The third-order valence-corrected chi connectivity index (χ3v) is 14.0. The maximum Gasteiger partial charge on any atom is 0.0727 e. The van der Waals surface area contributed by atoms with Gasteiger partial charge in [0.15, 0.2) is 0 Å². The van der Waals surface area contributed by atoms with Crippen LogP contribution in [0.25, 0.3) is 55.3 Å². The Morgan fingerprint density at radius 2 is 0.612 bits per heavy atom. The molecule has 1 atom stereocenters. The summed E-state index contributed by atoms with van der Waals surface area (Å²) in [5, 5.41) is 2.42. The lowest BCUT2D eigenvalue weighted by molar-refractivity contribution is 0.793. The van der Waals surface area contributed by atoms with Crippen molar-refractivity contribution in [2.24, 2.45) is 0 Å². The Bertz CT molecular complexity index is 3610. The van der Waals surface area contributed by atoms with Gasteiger partial charge in [-0.2, -0.15) is 0 Å². The highest BCUT2D eigenvalue weighted by Crippen LogP contribution is 2.64. The SMILES string of the molecule is c1ccc(-c2ccc(N(c3ccccc3)c3ccc4c(c3)C3(c5ccccc5-4)c4ccccc4-c4ccc(N(c5ccccc5)c5cc6ccccc6cc5-c5ccccc5)cc43)cc2)cc1. The van der Waals surface area contributed by atoms with Crippen LogP contribution in [0.2, 0.25) is 0 Å². The van der Waals surface area contributed by atoms with Crippen LogP contribution in [0, 0.1) is 0 Å². The van der Waals surface area contributed by atoms with Gasteiger partial charge in [0.1, 0.15) is 0 Å². The van der Waals surface area contributed by atoms with Crippen molar-refractivity contribution >= 4 is 44.9 Å². The molecule has 0 heterocycles. The number of hydrogen-bond acceptors (Lipinski definition) is 2. The summed E-state index contributed by atoms with van der Waals surface area (Å²) in [7, 11) is 0. The van der Waals surface area contributed by atoms with E-state index in [1.165, 1.54) is 77.5 Å². The Morgan fingerprint density at radius 3 is 1.18 bits per heavy atom. The summed E-state index contributed by atoms with van der Waals surface area (Å²) in [6.07, 6.45) is 0. The molecule has 11 aromatic rings. The van der Waals surface area contributed by atoms with Crippen molar-refractivity contribution in [3.8, 4) is 44.5 Å². The van der Waals surface area contributed by atoms with Crippen LogP contribution in [0.5, 0.6) is 0 Å². The molecule has 2 aliphatic carbocycles. The number of anilines is 6. The summed E-state index contributed by atoms with van der Waals surface area (Å²) in [6, 6.07) is 98.2. The van der Waals surface area contributed by atoms with Crippen molar-refractivity contribution in [3.05, 3.63) is 289 Å². The van der Waals surface area contributed by atoms with Crippen LogP contribution in [0.1, 0.15) is 22.3 Å². The minimum Gasteiger partial charge on any atom is -0.310 e. The van der Waals surface area contributed by atoms with E-state index in [4.69, 9.17) is 0 Å². The van der Waals surface area contributed by atoms with Gasteiger partial charge in [-0.25, -0.2) is 0 Å². The molecule has 2 nitrogen and oxygen atoms in total. The summed E-state index contributed by atoms with van der Waals surface area (Å²) < 4.78 is 0. The van der Waals surface area contributed by atoms with E-state index in [1.807, 2.05) is 0 Å². The molecule has 2 heteroatoms. The molecule has 67 heavy (non-hydrogen) atoms. The zero-order valence-electron chi connectivity index (χ0n) is 36.8. The highest BCUT2D eigenvalue weighted by molar-refractivity contribution is 6.01. The molecule has 0 aliphatic heterocycles. The van der Waals surface area contributed by atoms with Crippen LogP contribution in [0.4, 0.5) is 34.1 Å². The Labute approximate surface area is 391 Å². The van der Waals surface area contributed by atoms with Gasteiger partial charge in [0.25, 0.3) is 0 Å². The summed E-state index contributed by atoms with van der Waals surface area (Å²) >= 11 is 0. The molecule has 0 aromatic heterocycles. The summed E-state index contributed by atoms with van der Waals surface area (Å²) in [4.78, 5) is 4.88. The highest BCUT2D eigenvalue weighted by Gasteiger charge is 2.52. The minimum atomic E-state index is -0.586. The topological polar surface area (TPSA) is 6.48 Å². The van der Waals surface area contributed by atoms with E-state index in [2.05, 4.69) is 277 Å². The zero-order valence-corrected chi connectivity index (χ0v) is 36.8. The number of hydrogen-bond donors (Lipinski definition) is 0. The second-order valence-corrected chi connectivity index (χ2v) is 17.6. The monoisotopic (exact) mass is 852 g/mol. The van der Waals surface area contributed by atoms with E-state index in [-0.39, 0.29) is 0 Å². The van der Waals surface area contributed by atoms with Crippen LogP contribution in [-0.2, 0) is 5.41 Å². The Kier molecular flexibility index (Phi) is 9.11. The molecule has 0 saturated carbocycles. The first-order valence-electron chi connectivity index (χ1n) is 23.2. The molecule has 2 aliphatic rings. The third-order valence-electron chi connectivity index (χ3n) is 14.0. The average Bonchev–Trinajstić information content (AvgIpc) is 3.87. The van der Waals surface area contributed by atoms with Crippen molar-refractivity contribution in [1.82, 2.24) is 0 Å². The third kappa shape index (κ3) is 6.18. The first-order valence-corrected chi connectivity index (χ1v) is 23.2. The van der Waals surface area contributed by atoms with Crippen molar-refractivity contribution < 1.29 is 0 Å². The van der Waals surface area contributed by atoms with Gasteiger partial charge in [0.05, 0.1) is 11.1 Å². The molecule has 0 N–H and O–H groups in total. The van der Waals surface area contributed by atoms with Gasteiger partial charge in [-0.15, -0.1) is 0 Å². The summed E-state index contributed by atoms with van der Waals surface area (Å²) in [5.74, 6) is 0. The fraction of sp³-hybridized carbons (Fsp3) is 0.0154. The largest absolute Gasteiger partial charge is 0.310 e. The quantitative estimate of drug-likeness (QED) is 0.150. The minimum absolute atomic E-state index is 0.586. The number of nitrogens with zero attached hydrogens (tertiary/aromatic N) is 2. The maximum atomic E-state index is 2.50. The van der Waals surface area contributed by atoms with Crippen molar-refractivity contribution in [2.45, 2.75) is 5.41 Å². The smallest absolute Gasteiger partial charge is 0.0727 e. The molecule has 11 aromatic carbocycles. The van der Waals surface area contributed by atoms with Crippen molar-refractivity contribution in [1.29, 1.82) is 0 Å². The van der Waals surface area contributed by atoms with Crippen LogP contribution < -0.4 is 9.80 Å². The van der Waals surface area contributed by atoms with Gasteiger partial charge >= 0.3 is 0 Å². The Morgan fingerprint density at radius 1 is 0.224 bits per heavy atom. The van der Waals surface area contributed by atoms with E-state index < -0.39 is 5.41 Å². The Balaban J connectivity index is 1.05. The van der Waals surface area contributed by atoms with Crippen molar-refractivity contribution in [2.75, 3.05) is 9.80 Å². The van der Waals surface area contributed by atoms with Gasteiger partial charge in [-0.05, 0) is 145 Å². The number of rotatable bonds is 8. The van der Waals surface area contributed by atoms with Gasteiger partial charge in [-0.3, -0.25) is 0 Å². The highest BCUT2D eigenvalue weighted by atomic mass is 15.1. The lowest BCUT2D eigenvalue weighted by Gasteiger charge is -2.34. The zero-order chi connectivity index (χ0) is 44.3. The number of benzene rings is 11. The summed E-state index contributed by atoms with van der Waals surface area (Å²) in [5.41, 5.74) is 21.1. The number of fused-ring (bicyclic) bond motifs is 11. The Hall–Kier alpha value is -8.72. The molecule has 1 spiro atoms. The fourth-order valence-corrected chi connectivity index (χ4v) is 11.1. The van der Waals surface area contributed by atoms with Crippen LogP contribution in [-0.4, -0.2) is 0 Å². The molecular formula is C65H44N2. The number of para-hydroxylation sites is 2. The van der Waals surface area contributed by atoms with Crippen LogP contribution >= 0.6 is 0 Å². The van der Waals surface area contributed by atoms with Gasteiger partial charge in [0.2, 0.25) is 0 Å². The normalized spacial score (nSPS) is 14.0. The average molecular weight is 853 g/mol. The molecule has 0 saturated heterocycles. The van der Waals surface area contributed by atoms with Crippen molar-refractivity contribution in [3.63, 3.8) is 0 Å².